The molecule has 0 amide bonds. The van der Waals surface area contributed by atoms with Gasteiger partial charge in [0.2, 0.25) is 10.0 Å². The van der Waals surface area contributed by atoms with Crippen LogP contribution in [0.3, 0.4) is 0 Å². The summed E-state index contributed by atoms with van der Waals surface area (Å²) in [7, 11) is -3.33. The van der Waals surface area contributed by atoms with Gasteiger partial charge in [0.05, 0.1) is 11.9 Å². The Bertz CT molecular complexity index is 998. The Kier molecular flexibility index (Phi) is 8.10. The van der Waals surface area contributed by atoms with E-state index in [2.05, 4.69) is 5.32 Å². The van der Waals surface area contributed by atoms with Gasteiger partial charge in [0.25, 0.3) is 0 Å². The summed E-state index contributed by atoms with van der Waals surface area (Å²) >= 11 is 0. The molecular formula is C20H22FN2NaO4S. The first-order chi connectivity index (χ1) is 13.2. The second-order valence-electron chi connectivity index (χ2n) is 6.93. The monoisotopic (exact) mass is 428 g/mol. The SMILES string of the molecule is CS(=O)(=O)N1CCCc2ccc(CNc3ccc(CCC(=O)[O-])c(F)c3)cc21.[Na+]. The largest absolute Gasteiger partial charge is 1.00 e. The molecule has 0 saturated heterocycles. The minimum absolute atomic E-state index is 0. The second kappa shape index (κ2) is 9.93. The van der Waals surface area contributed by atoms with Crippen LogP contribution in [-0.4, -0.2) is 27.2 Å². The number of hydrogen-bond acceptors (Lipinski definition) is 5. The number of anilines is 2. The Hall–Kier alpha value is -1.61. The fourth-order valence-electron chi connectivity index (χ4n) is 3.34. The standard InChI is InChI=1S/C20H23FN2O4S.Na/c1-28(26,27)23-10-2-3-16-5-4-14(11-19(16)23)13-22-17-8-6-15(18(21)12-17)7-9-20(24)25;/h4-6,8,11-12,22H,2-3,7,9-10,13H2,1H3,(H,24,25);/q;+1/p-1. The third-order valence-corrected chi connectivity index (χ3v) is 5.95. The maximum Gasteiger partial charge on any atom is 1.00 e. The van der Waals surface area contributed by atoms with Crippen molar-refractivity contribution >= 4 is 27.4 Å². The molecule has 0 aromatic heterocycles. The van der Waals surface area contributed by atoms with Gasteiger partial charge >= 0.3 is 29.6 Å². The number of benzene rings is 2. The van der Waals surface area contributed by atoms with Crippen molar-refractivity contribution in [3.8, 4) is 0 Å². The first-order valence-corrected chi connectivity index (χ1v) is 10.9. The zero-order chi connectivity index (χ0) is 20.3. The van der Waals surface area contributed by atoms with Gasteiger partial charge in [0, 0.05) is 24.7 Å². The molecule has 0 aliphatic carbocycles. The van der Waals surface area contributed by atoms with Gasteiger partial charge in [-0.05, 0) is 60.6 Å². The molecule has 0 saturated carbocycles. The summed E-state index contributed by atoms with van der Waals surface area (Å²) in [5.41, 5.74) is 3.48. The van der Waals surface area contributed by atoms with Crippen LogP contribution < -0.4 is 44.3 Å². The molecule has 0 spiro atoms. The normalized spacial score (nSPS) is 13.4. The van der Waals surface area contributed by atoms with Crippen molar-refractivity contribution in [2.75, 3.05) is 22.4 Å². The van der Waals surface area contributed by atoms with Gasteiger partial charge in [-0.15, -0.1) is 0 Å². The number of carbonyl (C=O) groups excluding carboxylic acids is 1. The molecule has 0 fully saturated rings. The molecule has 0 bridgehead atoms. The second-order valence-corrected chi connectivity index (χ2v) is 8.84. The number of carbonyl (C=O) groups is 1. The van der Waals surface area contributed by atoms with E-state index in [1.54, 1.807) is 12.1 Å². The Balaban J connectivity index is 0.00000300. The van der Waals surface area contributed by atoms with Crippen LogP contribution in [0.4, 0.5) is 15.8 Å². The van der Waals surface area contributed by atoms with Gasteiger partial charge in [-0.1, -0.05) is 18.2 Å². The van der Waals surface area contributed by atoms with Crippen molar-refractivity contribution in [3.05, 3.63) is 58.9 Å². The molecule has 0 atom stereocenters. The first kappa shape index (κ1) is 23.7. The zero-order valence-electron chi connectivity index (χ0n) is 16.6. The summed E-state index contributed by atoms with van der Waals surface area (Å²) in [5, 5.41) is 13.6. The number of rotatable bonds is 7. The fourth-order valence-corrected chi connectivity index (χ4v) is 4.33. The maximum atomic E-state index is 14.1. The van der Waals surface area contributed by atoms with Gasteiger partial charge in [0.15, 0.2) is 0 Å². The third-order valence-electron chi connectivity index (χ3n) is 4.77. The van der Waals surface area contributed by atoms with E-state index in [1.165, 1.54) is 16.6 Å². The maximum absolute atomic E-state index is 14.1. The van der Waals surface area contributed by atoms with Crippen molar-refractivity contribution in [1.29, 1.82) is 0 Å². The van der Waals surface area contributed by atoms with Crippen LogP contribution >= 0.6 is 0 Å². The molecule has 1 aliphatic rings. The number of hydrogen-bond donors (Lipinski definition) is 1. The van der Waals surface area contributed by atoms with Crippen LogP contribution in [-0.2, 0) is 34.2 Å². The number of fused-ring (bicyclic) bond motifs is 1. The Morgan fingerprint density at radius 1 is 1.24 bits per heavy atom. The van der Waals surface area contributed by atoms with E-state index in [4.69, 9.17) is 0 Å². The van der Waals surface area contributed by atoms with Crippen LogP contribution in [0.2, 0.25) is 0 Å². The van der Waals surface area contributed by atoms with E-state index in [0.717, 1.165) is 24.0 Å². The van der Waals surface area contributed by atoms with E-state index in [9.17, 15) is 22.7 Å². The molecule has 0 radical (unpaired) electrons. The smallest absolute Gasteiger partial charge is 0.550 e. The van der Waals surface area contributed by atoms with Gasteiger partial charge in [-0.3, -0.25) is 4.31 Å². The summed E-state index contributed by atoms with van der Waals surface area (Å²) in [5.74, 6) is -1.68. The quantitative estimate of drug-likeness (QED) is 0.562. The van der Waals surface area contributed by atoms with Crippen LogP contribution in [0.15, 0.2) is 36.4 Å². The summed E-state index contributed by atoms with van der Waals surface area (Å²) in [6.45, 7) is 0.879. The molecule has 3 rings (SSSR count). The molecule has 1 N–H and O–H groups in total. The summed E-state index contributed by atoms with van der Waals surface area (Å²) < 4.78 is 39.6. The first-order valence-electron chi connectivity index (χ1n) is 9.06. The van der Waals surface area contributed by atoms with Crippen molar-refractivity contribution in [2.45, 2.75) is 32.2 Å². The van der Waals surface area contributed by atoms with E-state index in [0.29, 0.717) is 30.0 Å². The van der Waals surface area contributed by atoms with Crippen LogP contribution in [0, 0.1) is 5.82 Å². The number of aryl methyl sites for hydroxylation is 2. The predicted molar refractivity (Wildman–Crippen MR) is 104 cm³/mol. The van der Waals surface area contributed by atoms with Gasteiger partial charge in [-0.2, -0.15) is 0 Å². The van der Waals surface area contributed by atoms with Crippen molar-refractivity contribution in [1.82, 2.24) is 0 Å². The zero-order valence-corrected chi connectivity index (χ0v) is 19.4. The van der Waals surface area contributed by atoms with E-state index in [-0.39, 0.29) is 42.4 Å². The number of halogens is 1. The molecule has 2 aromatic carbocycles. The van der Waals surface area contributed by atoms with E-state index in [1.807, 2.05) is 18.2 Å². The van der Waals surface area contributed by atoms with Crippen molar-refractivity contribution in [3.63, 3.8) is 0 Å². The van der Waals surface area contributed by atoms with E-state index >= 15 is 0 Å². The van der Waals surface area contributed by atoms with Crippen LogP contribution in [0.5, 0.6) is 0 Å². The molecular weight excluding hydrogens is 406 g/mol. The average molecular weight is 428 g/mol. The minimum Gasteiger partial charge on any atom is -0.550 e. The van der Waals surface area contributed by atoms with Crippen LogP contribution in [0.25, 0.3) is 0 Å². The van der Waals surface area contributed by atoms with Gasteiger partial charge in [0.1, 0.15) is 5.82 Å². The number of sulfonamides is 1. The number of nitrogens with zero attached hydrogens (tertiary/aromatic N) is 1. The number of aliphatic carboxylic acids is 1. The summed E-state index contributed by atoms with van der Waals surface area (Å²) in [6, 6.07) is 10.3. The van der Waals surface area contributed by atoms with Crippen molar-refractivity contribution < 1.29 is 52.3 Å². The molecule has 2 aromatic rings. The third kappa shape index (κ3) is 6.18. The Morgan fingerprint density at radius 3 is 2.66 bits per heavy atom. The minimum atomic E-state index is -3.33. The number of carboxylic acid groups (broad SMARTS) is 1. The molecule has 0 unspecified atom stereocenters. The van der Waals surface area contributed by atoms with Crippen LogP contribution in [0.1, 0.15) is 29.5 Å². The molecule has 9 heteroatoms. The van der Waals surface area contributed by atoms with Crippen molar-refractivity contribution in [2.24, 2.45) is 0 Å². The molecule has 6 nitrogen and oxygen atoms in total. The summed E-state index contributed by atoms with van der Waals surface area (Å²) in [4.78, 5) is 10.5. The summed E-state index contributed by atoms with van der Waals surface area (Å²) in [6.07, 6.45) is 2.70. The average Bonchev–Trinajstić information content (AvgIpc) is 2.64. The Morgan fingerprint density at radius 2 is 2.00 bits per heavy atom. The molecule has 29 heavy (non-hydrogen) atoms. The van der Waals surface area contributed by atoms with Gasteiger partial charge < -0.3 is 15.2 Å². The number of carboxylic acids is 1. The fraction of sp³-hybridized carbons (Fsp3) is 0.350. The molecule has 150 valence electrons. The van der Waals surface area contributed by atoms with Gasteiger partial charge in [-0.25, -0.2) is 12.8 Å². The predicted octanol–water partition coefficient (Wildman–Crippen LogP) is -1.16. The molecule has 1 heterocycles. The number of nitrogens with one attached hydrogen (secondary N) is 1. The topological polar surface area (TPSA) is 89.5 Å². The molecule has 1 aliphatic heterocycles. The van der Waals surface area contributed by atoms with E-state index < -0.39 is 21.8 Å². The Labute approximate surface area is 192 Å².